The van der Waals surface area contributed by atoms with E-state index in [0.717, 1.165) is 42.8 Å². The maximum atomic E-state index is 12.1. The lowest BCUT2D eigenvalue weighted by atomic mass is 9.84. The Morgan fingerprint density at radius 3 is 2.37 bits per heavy atom. The Kier molecular flexibility index (Phi) is 8.78. The molecule has 0 bridgehead atoms. The average Bonchev–Trinajstić information content (AvgIpc) is 3.05. The molecule has 0 amide bonds. The smallest absolute Gasteiger partial charge is 0.258 e. The van der Waals surface area contributed by atoms with Crippen molar-refractivity contribution in [3.63, 3.8) is 0 Å². The second-order valence-electron chi connectivity index (χ2n) is 10.2. The molecule has 4 heteroatoms. The van der Waals surface area contributed by atoms with Gasteiger partial charge >= 0.3 is 0 Å². The molecule has 1 aliphatic rings. The van der Waals surface area contributed by atoms with Crippen LogP contribution in [0.1, 0.15) is 86.8 Å². The van der Waals surface area contributed by atoms with Gasteiger partial charge in [0.05, 0.1) is 0 Å². The molecule has 0 N–H and O–H groups in total. The Bertz CT molecular complexity index is 741. The molecule has 3 nitrogen and oxygen atoms in total. The van der Waals surface area contributed by atoms with E-state index in [-0.39, 0.29) is 5.78 Å². The van der Waals surface area contributed by atoms with E-state index >= 15 is 0 Å². The highest BCUT2D eigenvalue weighted by atomic mass is 28.4. The standard InChI is InChI=1S/C26H42O3Si/c1-18(2)12-24(27)14-22-10-9-11-23(13-22)15-25-16-26(17-28-25)29-30(19(3)4,20(5)6)21(7)8/h10,12,16-17,19-21,23H,9,11,13-15H2,1-8H3. The minimum atomic E-state index is -1.96. The van der Waals surface area contributed by atoms with Gasteiger partial charge in [0.2, 0.25) is 0 Å². The number of ketones is 1. The third kappa shape index (κ3) is 6.23. The van der Waals surface area contributed by atoms with Gasteiger partial charge in [-0.05, 0) is 61.7 Å². The summed E-state index contributed by atoms with van der Waals surface area (Å²) in [5.74, 6) is 2.66. The SMILES string of the molecule is CC(C)=CC(=O)CC1=CCCC(Cc2cc(O[Si](C(C)C)(C(C)C)C(C)C)co2)C1. The predicted molar refractivity (Wildman–Crippen MR) is 129 cm³/mol. The molecule has 0 radical (unpaired) electrons. The second-order valence-corrected chi connectivity index (χ2v) is 15.6. The molecule has 1 unspecified atom stereocenters. The summed E-state index contributed by atoms with van der Waals surface area (Å²) in [6.45, 7) is 17.8. The zero-order chi connectivity index (χ0) is 22.5. The van der Waals surface area contributed by atoms with Crippen molar-refractivity contribution in [2.24, 2.45) is 5.92 Å². The Hall–Kier alpha value is -1.55. The van der Waals surface area contributed by atoms with Crippen molar-refractivity contribution in [3.05, 3.63) is 41.4 Å². The van der Waals surface area contributed by atoms with Gasteiger partial charge in [-0.1, -0.05) is 58.8 Å². The maximum absolute atomic E-state index is 12.1. The molecule has 168 valence electrons. The van der Waals surface area contributed by atoms with Gasteiger partial charge in [0, 0.05) is 18.9 Å². The highest BCUT2D eigenvalue weighted by Crippen LogP contribution is 2.43. The van der Waals surface area contributed by atoms with Gasteiger partial charge < -0.3 is 8.84 Å². The van der Waals surface area contributed by atoms with Crippen LogP contribution in [0, 0.1) is 5.92 Å². The number of furan rings is 1. The summed E-state index contributed by atoms with van der Waals surface area (Å²) in [6, 6.07) is 2.11. The van der Waals surface area contributed by atoms with E-state index in [4.69, 9.17) is 8.84 Å². The summed E-state index contributed by atoms with van der Waals surface area (Å²) < 4.78 is 12.7. The molecule has 1 aromatic rings. The zero-order valence-electron chi connectivity index (χ0n) is 20.4. The van der Waals surface area contributed by atoms with Gasteiger partial charge in [0.15, 0.2) is 5.78 Å². The van der Waals surface area contributed by atoms with Crippen LogP contribution in [0.2, 0.25) is 16.6 Å². The highest BCUT2D eigenvalue weighted by molar-refractivity contribution is 6.78. The van der Waals surface area contributed by atoms with Crippen molar-refractivity contribution >= 4 is 14.1 Å². The van der Waals surface area contributed by atoms with Crippen molar-refractivity contribution in [2.75, 3.05) is 0 Å². The molecule has 30 heavy (non-hydrogen) atoms. The maximum Gasteiger partial charge on any atom is 0.258 e. The van der Waals surface area contributed by atoms with Crippen LogP contribution >= 0.6 is 0 Å². The van der Waals surface area contributed by atoms with Gasteiger partial charge in [-0.2, -0.15) is 0 Å². The first kappa shape index (κ1) is 24.7. The molecule has 1 aromatic heterocycles. The largest absolute Gasteiger partial charge is 0.541 e. The number of carbonyl (C=O) groups excluding carboxylic acids is 1. The minimum absolute atomic E-state index is 0.216. The molecule has 0 fully saturated rings. The Morgan fingerprint density at radius 1 is 1.17 bits per heavy atom. The van der Waals surface area contributed by atoms with Gasteiger partial charge in [-0.15, -0.1) is 0 Å². The fraction of sp³-hybridized carbons (Fsp3) is 0.654. The molecule has 0 aliphatic heterocycles. The number of allylic oxidation sites excluding steroid dienone is 4. The van der Waals surface area contributed by atoms with Crippen molar-refractivity contribution in [3.8, 4) is 5.75 Å². The fourth-order valence-corrected chi connectivity index (χ4v) is 10.6. The number of carbonyl (C=O) groups is 1. The summed E-state index contributed by atoms with van der Waals surface area (Å²) in [5, 5.41) is 0. The first-order valence-electron chi connectivity index (χ1n) is 11.7. The molecule has 1 heterocycles. The summed E-state index contributed by atoms with van der Waals surface area (Å²) >= 11 is 0. The molecule has 0 spiro atoms. The van der Waals surface area contributed by atoms with E-state index in [1.165, 1.54) is 5.57 Å². The number of hydrogen-bond acceptors (Lipinski definition) is 3. The van der Waals surface area contributed by atoms with Crippen LogP contribution in [0.25, 0.3) is 0 Å². The van der Waals surface area contributed by atoms with Crippen molar-refractivity contribution in [2.45, 2.75) is 104 Å². The molecule has 1 atom stereocenters. The molecular weight excluding hydrogens is 388 g/mol. The Morgan fingerprint density at radius 2 is 1.80 bits per heavy atom. The van der Waals surface area contributed by atoms with E-state index < -0.39 is 8.32 Å². The molecular formula is C26H42O3Si. The summed E-state index contributed by atoms with van der Waals surface area (Å²) in [4.78, 5) is 12.1. The molecule has 0 aromatic carbocycles. The topological polar surface area (TPSA) is 39.4 Å². The van der Waals surface area contributed by atoms with Gasteiger partial charge in [0.25, 0.3) is 8.32 Å². The lowest BCUT2D eigenvalue weighted by Crippen LogP contribution is -2.50. The lowest BCUT2D eigenvalue weighted by molar-refractivity contribution is -0.114. The van der Waals surface area contributed by atoms with E-state index in [9.17, 15) is 4.79 Å². The van der Waals surface area contributed by atoms with Crippen molar-refractivity contribution in [1.29, 1.82) is 0 Å². The Labute approximate surface area is 185 Å². The molecule has 1 aliphatic carbocycles. The van der Waals surface area contributed by atoms with Gasteiger partial charge in [-0.3, -0.25) is 4.79 Å². The first-order valence-corrected chi connectivity index (χ1v) is 13.8. The quantitative estimate of drug-likeness (QED) is 0.214. The molecule has 0 saturated heterocycles. The third-order valence-electron chi connectivity index (χ3n) is 6.53. The highest BCUT2D eigenvalue weighted by Gasteiger charge is 2.47. The summed E-state index contributed by atoms with van der Waals surface area (Å²) in [7, 11) is -1.96. The monoisotopic (exact) mass is 430 g/mol. The van der Waals surface area contributed by atoms with Crippen LogP contribution in [0.15, 0.2) is 40.0 Å². The van der Waals surface area contributed by atoms with Crippen LogP contribution < -0.4 is 4.43 Å². The van der Waals surface area contributed by atoms with Crippen LogP contribution in [0.5, 0.6) is 5.75 Å². The van der Waals surface area contributed by atoms with Crippen molar-refractivity contribution in [1.82, 2.24) is 0 Å². The zero-order valence-corrected chi connectivity index (χ0v) is 21.4. The Balaban J connectivity index is 2.03. The molecule has 0 saturated carbocycles. The molecule has 2 rings (SSSR count). The van der Waals surface area contributed by atoms with E-state index in [1.807, 2.05) is 20.1 Å². The first-order chi connectivity index (χ1) is 14.0. The second kappa shape index (κ2) is 10.7. The predicted octanol–water partition coefficient (Wildman–Crippen LogP) is 8.03. The van der Waals surface area contributed by atoms with Crippen LogP contribution in [0.3, 0.4) is 0 Å². The normalized spacial score (nSPS) is 17.4. The van der Waals surface area contributed by atoms with Crippen LogP contribution in [0.4, 0.5) is 0 Å². The third-order valence-corrected chi connectivity index (χ3v) is 12.5. The van der Waals surface area contributed by atoms with E-state index in [0.29, 0.717) is 29.0 Å². The van der Waals surface area contributed by atoms with Crippen LogP contribution in [-0.4, -0.2) is 14.1 Å². The van der Waals surface area contributed by atoms with E-state index in [2.05, 4.69) is 53.7 Å². The van der Waals surface area contributed by atoms with Crippen LogP contribution in [-0.2, 0) is 11.2 Å². The van der Waals surface area contributed by atoms with Crippen molar-refractivity contribution < 1.29 is 13.6 Å². The van der Waals surface area contributed by atoms with Gasteiger partial charge in [0.1, 0.15) is 17.8 Å². The van der Waals surface area contributed by atoms with E-state index in [1.54, 1.807) is 6.08 Å². The lowest BCUT2D eigenvalue weighted by Gasteiger charge is -2.41. The van der Waals surface area contributed by atoms with Gasteiger partial charge in [-0.25, -0.2) is 0 Å². The summed E-state index contributed by atoms with van der Waals surface area (Å²) in [5.41, 5.74) is 3.98. The number of rotatable bonds is 10. The average molecular weight is 431 g/mol. The number of hydrogen-bond donors (Lipinski definition) is 0. The minimum Gasteiger partial charge on any atom is -0.541 e. The summed E-state index contributed by atoms with van der Waals surface area (Å²) in [6.07, 6.45) is 10.5. The fourth-order valence-electron chi connectivity index (χ4n) is 5.36.